The maximum absolute atomic E-state index is 11.7. The van der Waals surface area contributed by atoms with Crippen LogP contribution in [0, 0.1) is 0 Å². The van der Waals surface area contributed by atoms with Crippen molar-refractivity contribution in [3.8, 4) is 0 Å². The summed E-state index contributed by atoms with van der Waals surface area (Å²) in [4.78, 5) is 28.4. The summed E-state index contributed by atoms with van der Waals surface area (Å²) in [6.45, 7) is 0. The van der Waals surface area contributed by atoms with Gasteiger partial charge in [-0.05, 0) is 36.4 Å². The Labute approximate surface area is 133 Å². The smallest absolute Gasteiger partial charge is 0.273 e. The van der Waals surface area contributed by atoms with Crippen molar-refractivity contribution < 1.29 is 9.59 Å². The van der Waals surface area contributed by atoms with Gasteiger partial charge < -0.3 is 0 Å². The van der Waals surface area contributed by atoms with E-state index in [9.17, 15) is 9.59 Å². The number of rotatable bonds is 6. The number of hydrogen-bond acceptors (Lipinski definition) is 4. The molecule has 1 heterocycles. The van der Waals surface area contributed by atoms with Crippen LogP contribution in [0.25, 0.3) is 0 Å². The zero-order chi connectivity index (χ0) is 15.6. The molecule has 2 aromatic rings. The summed E-state index contributed by atoms with van der Waals surface area (Å²) < 4.78 is 0. The number of carbonyl (C=O) groups is 2. The molecule has 1 aromatic carbocycles. The highest BCUT2D eigenvalue weighted by Gasteiger charge is 2.07. The molecule has 0 unspecified atom stereocenters. The molecule has 0 bridgehead atoms. The first kappa shape index (κ1) is 16.0. The van der Waals surface area contributed by atoms with Crippen molar-refractivity contribution >= 4 is 23.6 Å². The minimum Gasteiger partial charge on any atom is -0.273 e. The van der Waals surface area contributed by atoms with Crippen LogP contribution >= 0.6 is 11.8 Å². The molecule has 114 valence electrons. The van der Waals surface area contributed by atoms with Gasteiger partial charge in [0, 0.05) is 17.5 Å². The van der Waals surface area contributed by atoms with Crippen molar-refractivity contribution in [1.82, 2.24) is 15.8 Å². The lowest BCUT2D eigenvalue weighted by Crippen LogP contribution is -2.41. The third-order valence-electron chi connectivity index (χ3n) is 2.77. The lowest BCUT2D eigenvalue weighted by atomic mass is 10.3. The number of pyridine rings is 1. The number of aromatic nitrogens is 1. The van der Waals surface area contributed by atoms with E-state index in [0.29, 0.717) is 6.42 Å². The Hall–Kier alpha value is -2.34. The van der Waals surface area contributed by atoms with Gasteiger partial charge in [0.05, 0.1) is 0 Å². The number of nitrogens with zero attached hydrogens (tertiary/aromatic N) is 1. The second-order valence-electron chi connectivity index (χ2n) is 4.48. The Morgan fingerprint density at radius 1 is 1.00 bits per heavy atom. The topological polar surface area (TPSA) is 71.1 Å². The van der Waals surface area contributed by atoms with Gasteiger partial charge in [0.1, 0.15) is 5.69 Å². The highest BCUT2D eigenvalue weighted by atomic mass is 32.2. The Morgan fingerprint density at radius 3 is 2.50 bits per heavy atom. The van der Waals surface area contributed by atoms with E-state index in [2.05, 4.69) is 15.8 Å². The van der Waals surface area contributed by atoms with Crippen LogP contribution in [0.1, 0.15) is 23.3 Å². The fourth-order valence-corrected chi connectivity index (χ4v) is 2.56. The van der Waals surface area contributed by atoms with Crippen molar-refractivity contribution in [2.45, 2.75) is 17.7 Å². The fraction of sp³-hybridized carbons (Fsp3) is 0.188. The van der Waals surface area contributed by atoms with Crippen LogP contribution in [-0.4, -0.2) is 22.6 Å². The molecule has 0 radical (unpaired) electrons. The molecule has 0 aliphatic rings. The molecule has 0 saturated heterocycles. The second kappa shape index (κ2) is 8.84. The summed E-state index contributed by atoms with van der Waals surface area (Å²) >= 11 is 1.71. The molecule has 2 N–H and O–H groups in total. The summed E-state index contributed by atoms with van der Waals surface area (Å²) in [6, 6.07) is 15.0. The molecule has 0 fully saturated rings. The average molecular weight is 315 g/mol. The van der Waals surface area contributed by atoms with E-state index >= 15 is 0 Å². The predicted octanol–water partition coefficient (Wildman–Crippen LogP) is 2.42. The molecule has 5 nitrogen and oxygen atoms in total. The molecule has 1 aromatic heterocycles. The Morgan fingerprint density at radius 2 is 1.77 bits per heavy atom. The van der Waals surface area contributed by atoms with Crippen LogP contribution < -0.4 is 10.9 Å². The number of carbonyl (C=O) groups excluding carboxylic acids is 2. The Bertz CT molecular complexity index is 605. The molecule has 2 rings (SSSR count). The van der Waals surface area contributed by atoms with Gasteiger partial charge in [0.15, 0.2) is 0 Å². The third-order valence-corrected chi connectivity index (χ3v) is 3.87. The summed E-state index contributed by atoms with van der Waals surface area (Å²) in [5.41, 5.74) is 5.01. The minimum absolute atomic E-state index is 0.210. The molecule has 6 heteroatoms. The standard InChI is InChI=1S/C16H17N3O2S/c20-15(10-6-12-22-13-7-2-1-3-8-13)18-19-16(21)14-9-4-5-11-17-14/h1-5,7-9,11H,6,10,12H2,(H,18,20)(H,19,21). The van der Waals surface area contributed by atoms with Crippen molar-refractivity contribution in [3.63, 3.8) is 0 Å². The van der Waals surface area contributed by atoms with Crippen LogP contribution in [-0.2, 0) is 4.79 Å². The lowest BCUT2D eigenvalue weighted by Gasteiger charge is -2.06. The monoisotopic (exact) mass is 315 g/mol. The number of hydrazine groups is 1. The maximum Gasteiger partial charge on any atom is 0.288 e. The zero-order valence-corrected chi connectivity index (χ0v) is 12.8. The molecule has 2 amide bonds. The molecular weight excluding hydrogens is 298 g/mol. The van der Waals surface area contributed by atoms with Crippen LogP contribution in [0.15, 0.2) is 59.6 Å². The van der Waals surface area contributed by atoms with Crippen molar-refractivity contribution in [2.24, 2.45) is 0 Å². The van der Waals surface area contributed by atoms with E-state index in [1.165, 1.54) is 11.1 Å². The number of benzene rings is 1. The number of nitrogens with one attached hydrogen (secondary N) is 2. The van der Waals surface area contributed by atoms with Crippen LogP contribution in [0.3, 0.4) is 0 Å². The molecule has 0 saturated carbocycles. The molecule has 0 spiro atoms. The van der Waals surface area contributed by atoms with Crippen LogP contribution in [0.5, 0.6) is 0 Å². The number of thioether (sulfide) groups is 1. The summed E-state index contributed by atoms with van der Waals surface area (Å²) in [5, 5.41) is 0. The minimum atomic E-state index is -0.424. The summed E-state index contributed by atoms with van der Waals surface area (Å²) in [5.74, 6) is 0.219. The first-order valence-electron chi connectivity index (χ1n) is 6.94. The third kappa shape index (κ3) is 5.57. The summed E-state index contributed by atoms with van der Waals surface area (Å²) in [6.07, 6.45) is 2.63. The average Bonchev–Trinajstić information content (AvgIpc) is 2.58. The van der Waals surface area contributed by atoms with E-state index in [1.807, 2.05) is 30.3 Å². The van der Waals surface area contributed by atoms with Crippen LogP contribution in [0.4, 0.5) is 0 Å². The van der Waals surface area contributed by atoms with Gasteiger partial charge >= 0.3 is 0 Å². The van der Waals surface area contributed by atoms with Crippen molar-refractivity contribution in [2.75, 3.05) is 5.75 Å². The predicted molar refractivity (Wildman–Crippen MR) is 86.2 cm³/mol. The van der Waals surface area contributed by atoms with Gasteiger partial charge in [-0.15, -0.1) is 11.8 Å². The highest BCUT2D eigenvalue weighted by molar-refractivity contribution is 7.99. The molecular formula is C16H17N3O2S. The molecule has 0 aliphatic heterocycles. The SMILES string of the molecule is O=C(CCCSc1ccccc1)NNC(=O)c1ccccn1. The van der Waals surface area contributed by atoms with Gasteiger partial charge in [-0.25, -0.2) is 0 Å². The zero-order valence-electron chi connectivity index (χ0n) is 12.0. The van der Waals surface area contributed by atoms with Gasteiger partial charge in [0.25, 0.3) is 5.91 Å². The quantitative estimate of drug-likeness (QED) is 0.488. The highest BCUT2D eigenvalue weighted by Crippen LogP contribution is 2.18. The van der Waals surface area contributed by atoms with Crippen molar-refractivity contribution in [1.29, 1.82) is 0 Å². The molecule has 0 atom stereocenters. The van der Waals surface area contributed by atoms with E-state index in [1.54, 1.807) is 30.0 Å². The summed E-state index contributed by atoms with van der Waals surface area (Å²) in [7, 11) is 0. The van der Waals surface area contributed by atoms with E-state index in [4.69, 9.17) is 0 Å². The Balaban J connectivity index is 1.61. The van der Waals surface area contributed by atoms with Crippen LogP contribution in [0.2, 0.25) is 0 Å². The largest absolute Gasteiger partial charge is 0.288 e. The van der Waals surface area contributed by atoms with Gasteiger partial charge in [0.2, 0.25) is 5.91 Å². The van der Waals surface area contributed by atoms with E-state index in [0.717, 1.165) is 12.2 Å². The number of amides is 2. The van der Waals surface area contributed by atoms with Gasteiger partial charge in [-0.2, -0.15) is 0 Å². The van der Waals surface area contributed by atoms with E-state index < -0.39 is 5.91 Å². The first-order chi connectivity index (χ1) is 10.8. The molecule has 0 aliphatic carbocycles. The Kier molecular flexibility index (Phi) is 6.44. The maximum atomic E-state index is 11.7. The fourth-order valence-electron chi connectivity index (χ4n) is 1.69. The first-order valence-corrected chi connectivity index (χ1v) is 7.92. The second-order valence-corrected chi connectivity index (χ2v) is 5.65. The molecule has 22 heavy (non-hydrogen) atoms. The van der Waals surface area contributed by atoms with Crippen molar-refractivity contribution in [3.05, 3.63) is 60.4 Å². The van der Waals surface area contributed by atoms with Gasteiger partial charge in [-0.1, -0.05) is 24.3 Å². The number of hydrogen-bond donors (Lipinski definition) is 2. The van der Waals surface area contributed by atoms with E-state index in [-0.39, 0.29) is 11.6 Å². The lowest BCUT2D eigenvalue weighted by molar-refractivity contribution is -0.121. The normalized spacial score (nSPS) is 10.0. The van der Waals surface area contributed by atoms with Gasteiger partial charge in [-0.3, -0.25) is 25.4 Å².